The predicted molar refractivity (Wildman–Crippen MR) is 93.0 cm³/mol. The fraction of sp³-hybridized carbons (Fsp3) is 0.125. The highest BCUT2D eigenvalue weighted by Gasteiger charge is 2.06. The van der Waals surface area contributed by atoms with Gasteiger partial charge in [0.05, 0.1) is 0 Å². The van der Waals surface area contributed by atoms with E-state index in [4.69, 9.17) is 0 Å². The lowest BCUT2D eigenvalue weighted by Crippen LogP contribution is -2.20. The topological polar surface area (TPSA) is 58.2 Å². The zero-order valence-corrected chi connectivity index (χ0v) is 13.9. The summed E-state index contributed by atoms with van der Waals surface area (Å²) in [6.07, 6.45) is 0. The summed E-state index contributed by atoms with van der Waals surface area (Å²) in [5, 5.41) is 5.54. The van der Waals surface area contributed by atoms with E-state index in [-0.39, 0.29) is 11.8 Å². The summed E-state index contributed by atoms with van der Waals surface area (Å²) in [7, 11) is 0. The maximum Gasteiger partial charge on any atom is 0.323 e. The van der Waals surface area contributed by atoms with Crippen LogP contribution in [0, 0.1) is 10.5 Å². The molecule has 0 atom stereocenters. The van der Waals surface area contributed by atoms with Crippen LogP contribution in [0.1, 0.15) is 22.8 Å². The molecule has 0 saturated heterocycles. The SMILES string of the molecule is CC(=O)c1ccc(NC(=O)Nc2ccc(I)cc2C)cc1. The molecule has 2 aromatic carbocycles. The first-order valence-electron chi connectivity index (χ1n) is 6.41. The lowest BCUT2D eigenvalue weighted by atomic mass is 10.1. The van der Waals surface area contributed by atoms with Crippen LogP contribution < -0.4 is 10.6 Å². The van der Waals surface area contributed by atoms with Gasteiger partial charge in [-0.25, -0.2) is 4.79 Å². The third kappa shape index (κ3) is 4.29. The zero-order chi connectivity index (χ0) is 15.4. The van der Waals surface area contributed by atoms with Gasteiger partial charge in [0, 0.05) is 20.5 Å². The molecule has 2 amide bonds. The van der Waals surface area contributed by atoms with Crippen LogP contribution in [0.25, 0.3) is 0 Å². The largest absolute Gasteiger partial charge is 0.323 e. The normalized spacial score (nSPS) is 10.0. The number of carbonyl (C=O) groups is 2. The van der Waals surface area contributed by atoms with Crippen LogP contribution in [0.5, 0.6) is 0 Å². The van der Waals surface area contributed by atoms with Gasteiger partial charge in [-0.15, -0.1) is 0 Å². The summed E-state index contributed by atoms with van der Waals surface area (Å²) < 4.78 is 1.12. The Morgan fingerprint density at radius 3 is 2.24 bits per heavy atom. The van der Waals surface area contributed by atoms with Crippen LogP contribution in [0.15, 0.2) is 42.5 Å². The van der Waals surface area contributed by atoms with Crippen molar-refractivity contribution in [3.05, 3.63) is 57.2 Å². The summed E-state index contributed by atoms with van der Waals surface area (Å²) in [5.74, 6) is 0.000477. The highest BCUT2D eigenvalue weighted by atomic mass is 127. The Labute approximate surface area is 137 Å². The van der Waals surface area contributed by atoms with Crippen LogP contribution in [-0.2, 0) is 0 Å². The number of anilines is 2. The van der Waals surface area contributed by atoms with Crippen LogP contribution in [-0.4, -0.2) is 11.8 Å². The third-order valence-electron chi connectivity index (χ3n) is 2.99. The summed E-state index contributed by atoms with van der Waals surface area (Å²) >= 11 is 2.23. The Kier molecular flexibility index (Phi) is 4.95. The first kappa shape index (κ1) is 15.5. The van der Waals surface area contributed by atoms with Crippen molar-refractivity contribution in [2.75, 3.05) is 10.6 Å². The van der Waals surface area contributed by atoms with Gasteiger partial charge < -0.3 is 10.6 Å². The number of hydrogen-bond donors (Lipinski definition) is 2. The Balaban J connectivity index is 2.02. The average molecular weight is 394 g/mol. The van der Waals surface area contributed by atoms with Gasteiger partial charge in [-0.1, -0.05) is 0 Å². The molecule has 0 bridgehead atoms. The van der Waals surface area contributed by atoms with Gasteiger partial charge >= 0.3 is 6.03 Å². The van der Waals surface area contributed by atoms with Crippen molar-refractivity contribution in [1.29, 1.82) is 0 Å². The van der Waals surface area contributed by atoms with Crippen molar-refractivity contribution in [3.8, 4) is 0 Å². The van der Waals surface area contributed by atoms with Crippen LogP contribution in [0.4, 0.5) is 16.2 Å². The van der Waals surface area contributed by atoms with Crippen LogP contribution in [0.2, 0.25) is 0 Å². The number of benzene rings is 2. The van der Waals surface area contributed by atoms with Crippen molar-refractivity contribution >= 4 is 45.8 Å². The summed E-state index contributed by atoms with van der Waals surface area (Å²) in [5.41, 5.74) is 3.03. The highest BCUT2D eigenvalue weighted by Crippen LogP contribution is 2.18. The van der Waals surface area contributed by atoms with Gasteiger partial charge in [0.1, 0.15) is 0 Å². The molecule has 0 aliphatic carbocycles. The molecule has 0 fully saturated rings. The van der Waals surface area contributed by atoms with E-state index in [1.807, 2.05) is 25.1 Å². The number of rotatable bonds is 3. The van der Waals surface area contributed by atoms with Crippen LogP contribution in [0.3, 0.4) is 0 Å². The number of halogens is 1. The average Bonchev–Trinajstić information content (AvgIpc) is 2.42. The van der Waals surface area contributed by atoms with Crippen molar-refractivity contribution in [2.45, 2.75) is 13.8 Å². The predicted octanol–water partition coefficient (Wildman–Crippen LogP) is 4.45. The fourth-order valence-electron chi connectivity index (χ4n) is 1.84. The number of amides is 2. The molecule has 21 heavy (non-hydrogen) atoms. The first-order chi connectivity index (χ1) is 9.95. The van der Waals surface area contributed by atoms with Gasteiger partial charge in [-0.2, -0.15) is 0 Å². The van der Waals surface area contributed by atoms with Crippen LogP contribution >= 0.6 is 22.6 Å². The van der Waals surface area contributed by atoms with E-state index in [0.717, 1.165) is 14.8 Å². The number of nitrogens with one attached hydrogen (secondary N) is 2. The Morgan fingerprint density at radius 1 is 1.00 bits per heavy atom. The van der Waals surface area contributed by atoms with E-state index in [1.165, 1.54) is 6.92 Å². The molecular weight excluding hydrogens is 379 g/mol. The molecule has 108 valence electrons. The second-order valence-electron chi connectivity index (χ2n) is 4.67. The van der Waals surface area contributed by atoms with E-state index < -0.39 is 0 Å². The molecule has 2 rings (SSSR count). The lowest BCUT2D eigenvalue weighted by molar-refractivity contribution is 0.101. The Morgan fingerprint density at radius 2 is 1.67 bits per heavy atom. The number of aryl methyl sites for hydroxylation is 1. The number of hydrogen-bond acceptors (Lipinski definition) is 2. The molecule has 0 heterocycles. The molecule has 4 nitrogen and oxygen atoms in total. The van der Waals surface area contributed by atoms with Crippen molar-refractivity contribution in [1.82, 2.24) is 0 Å². The van der Waals surface area contributed by atoms with Crippen molar-refractivity contribution in [3.63, 3.8) is 0 Å². The van der Waals surface area contributed by atoms with E-state index in [1.54, 1.807) is 24.3 Å². The van der Waals surface area contributed by atoms with Gasteiger partial charge in [0.2, 0.25) is 0 Å². The molecule has 2 N–H and O–H groups in total. The Bertz CT molecular complexity index is 681. The zero-order valence-electron chi connectivity index (χ0n) is 11.7. The molecule has 2 aromatic rings. The standard InChI is InChI=1S/C16H15IN2O2/c1-10-9-13(17)5-8-15(10)19-16(21)18-14-6-3-12(4-7-14)11(2)20/h3-9H,1-2H3,(H2,18,19,21). The van der Waals surface area contributed by atoms with E-state index in [2.05, 4.69) is 33.2 Å². The Hall–Kier alpha value is -1.89. The van der Waals surface area contributed by atoms with E-state index in [9.17, 15) is 9.59 Å². The monoisotopic (exact) mass is 394 g/mol. The highest BCUT2D eigenvalue weighted by molar-refractivity contribution is 14.1. The second kappa shape index (κ2) is 6.71. The molecule has 0 unspecified atom stereocenters. The molecule has 5 heteroatoms. The molecule has 0 aliphatic rings. The second-order valence-corrected chi connectivity index (χ2v) is 5.92. The quantitative estimate of drug-likeness (QED) is 0.597. The number of urea groups is 1. The molecule has 0 spiro atoms. The van der Waals surface area contributed by atoms with Gasteiger partial charge in [-0.05, 0) is 84.5 Å². The fourth-order valence-corrected chi connectivity index (χ4v) is 2.49. The number of ketones is 1. The molecule has 0 saturated carbocycles. The van der Waals surface area contributed by atoms with Gasteiger partial charge in [0.25, 0.3) is 0 Å². The van der Waals surface area contributed by atoms with Gasteiger partial charge in [-0.3, -0.25) is 4.79 Å². The maximum absolute atomic E-state index is 11.9. The molecule has 0 aliphatic heterocycles. The first-order valence-corrected chi connectivity index (χ1v) is 7.49. The minimum absolute atomic E-state index is 0.000477. The minimum atomic E-state index is -0.310. The smallest absolute Gasteiger partial charge is 0.308 e. The number of carbonyl (C=O) groups excluding carboxylic acids is 2. The minimum Gasteiger partial charge on any atom is -0.308 e. The lowest BCUT2D eigenvalue weighted by Gasteiger charge is -2.10. The number of Topliss-reactive ketones (excluding diaryl/α,β-unsaturated/α-hetero) is 1. The summed E-state index contributed by atoms with van der Waals surface area (Å²) in [4.78, 5) is 23.1. The molecule has 0 radical (unpaired) electrons. The summed E-state index contributed by atoms with van der Waals surface area (Å²) in [6.45, 7) is 3.45. The summed E-state index contributed by atoms with van der Waals surface area (Å²) in [6, 6.07) is 12.3. The van der Waals surface area contributed by atoms with E-state index >= 15 is 0 Å². The maximum atomic E-state index is 11.9. The van der Waals surface area contributed by atoms with Crippen molar-refractivity contribution < 1.29 is 9.59 Å². The van der Waals surface area contributed by atoms with E-state index in [0.29, 0.717) is 11.3 Å². The molecular formula is C16H15IN2O2. The third-order valence-corrected chi connectivity index (χ3v) is 3.66. The van der Waals surface area contributed by atoms with Gasteiger partial charge in [0.15, 0.2) is 5.78 Å². The van der Waals surface area contributed by atoms with Crippen molar-refractivity contribution in [2.24, 2.45) is 0 Å². The molecule has 0 aromatic heterocycles.